The third-order valence-corrected chi connectivity index (χ3v) is 4.89. The van der Waals surface area contributed by atoms with Crippen molar-refractivity contribution >= 4 is 57.5 Å². The molecule has 1 aromatic heterocycles. The van der Waals surface area contributed by atoms with Gasteiger partial charge in [-0.05, 0) is 46.5 Å². The summed E-state index contributed by atoms with van der Waals surface area (Å²) in [6.45, 7) is 1.68. The van der Waals surface area contributed by atoms with E-state index >= 15 is 0 Å². The first kappa shape index (κ1) is 16.5. The molecule has 3 amide bonds. The van der Waals surface area contributed by atoms with E-state index in [9.17, 15) is 14.4 Å². The van der Waals surface area contributed by atoms with Gasteiger partial charge in [0.1, 0.15) is 12.3 Å². The Kier molecular flexibility index (Phi) is 5.07. The molecule has 0 spiro atoms. The molecule has 0 N–H and O–H groups in total. The van der Waals surface area contributed by atoms with Gasteiger partial charge < -0.3 is 14.1 Å². The van der Waals surface area contributed by atoms with Gasteiger partial charge in [-0.2, -0.15) is 0 Å². The highest BCUT2D eigenvalue weighted by atomic mass is 127. The Morgan fingerprint density at radius 1 is 1.30 bits per heavy atom. The second-order valence-corrected chi connectivity index (χ2v) is 6.96. The SMILES string of the molecule is O=C(CN1C(=O)S/C(=C\c2ccc(I)o2)C1=O)N1CCOCC1. The topological polar surface area (TPSA) is 80.1 Å². The molecular weight excluding hydrogens is 435 g/mol. The number of hydrogen-bond donors (Lipinski definition) is 0. The van der Waals surface area contributed by atoms with E-state index < -0.39 is 11.1 Å². The van der Waals surface area contributed by atoms with Crippen LogP contribution in [0, 0.1) is 3.77 Å². The predicted octanol–water partition coefficient (Wildman–Crippen LogP) is 1.78. The number of hydrogen-bond acceptors (Lipinski definition) is 6. The summed E-state index contributed by atoms with van der Waals surface area (Å²) in [5.74, 6) is -0.211. The molecule has 0 unspecified atom stereocenters. The Bertz CT molecular complexity index is 680. The van der Waals surface area contributed by atoms with Crippen LogP contribution >= 0.6 is 34.4 Å². The Morgan fingerprint density at radius 2 is 2.04 bits per heavy atom. The number of carbonyl (C=O) groups is 3. The molecule has 2 fully saturated rings. The summed E-state index contributed by atoms with van der Waals surface area (Å²) in [7, 11) is 0. The van der Waals surface area contributed by atoms with E-state index in [-0.39, 0.29) is 17.4 Å². The Balaban J connectivity index is 1.68. The lowest BCUT2D eigenvalue weighted by atomic mass is 10.3. The average Bonchev–Trinajstić information content (AvgIpc) is 3.07. The first-order valence-corrected chi connectivity index (χ1v) is 8.80. The van der Waals surface area contributed by atoms with Gasteiger partial charge in [0.2, 0.25) is 5.91 Å². The molecule has 0 aromatic carbocycles. The van der Waals surface area contributed by atoms with E-state index in [0.717, 1.165) is 16.7 Å². The van der Waals surface area contributed by atoms with Crippen LogP contribution in [0.15, 0.2) is 21.5 Å². The fraction of sp³-hybridized carbons (Fsp3) is 0.357. The molecule has 3 rings (SSSR count). The summed E-state index contributed by atoms with van der Waals surface area (Å²) in [5, 5.41) is -0.441. The van der Waals surface area contributed by atoms with Crippen molar-refractivity contribution in [1.29, 1.82) is 0 Å². The highest BCUT2D eigenvalue weighted by Gasteiger charge is 2.37. The first-order chi connectivity index (χ1) is 11.0. The number of thioether (sulfide) groups is 1. The zero-order valence-electron chi connectivity index (χ0n) is 12.0. The van der Waals surface area contributed by atoms with E-state index in [4.69, 9.17) is 9.15 Å². The fourth-order valence-electron chi connectivity index (χ4n) is 2.22. The maximum Gasteiger partial charge on any atom is 0.294 e. The smallest absolute Gasteiger partial charge is 0.294 e. The number of furan rings is 1. The second kappa shape index (κ2) is 7.05. The van der Waals surface area contributed by atoms with Crippen LogP contribution in [0.2, 0.25) is 0 Å². The van der Waals surface area contributed by atoms with E-state index in [1.54, 1.807) is 17.0 Å². The highest BCUT2D eigenvalue weighted by Crippen LogP contribution is 2.32. The van der Waals surface area contributed by atoms with Gasteiger partial charge in [-0.15, -0.1) is 0 Å². The predicted molar refractivity (Wildman–Crippen MR) is 91.5 cm³/mol. The van der Waals surface area contributed by atoms with Gasteiger partial charge in [-0.25, -0.2) is 0 Å². The Morgan fingerprint density at radius 3 is 2.70 bits per heavy atom. The highest BCUT2D eigenvalue weighted by molar-refractivity contribution is 14.1. The summed E-state index contributed by atoms with van der Waals surface area (Å²) >= 11 is 2.83. The molecule has 0 saturated carbocycles. The maximum atomic E-state index is 12.3. The molecule has 2 aliphatic heterocycles. The normalized spacial score (nSPS) is 20.7. The van der Waals surface area contributed by atoms with Crippen LogP contribution in [0.1, 0.15) is 5.76 Å². The molecule has 9 heteroatoms. The third kappa shape index (κ3) is 3.78. The van der Waals surface area contributed by atoms with E-state index in [1.165, 1.54) is 6.08 Å². The number of nitrogens with zero attached hydrogens (tertiary/aromatic N) is 2. The molecular formula is C14H13IN2O5S. The molecule has 0 radical (unpaired) electrons. The molecule has 0 atom stereocenters. The summed E-state index contributed by atoms with van der Waals surface area (Å²) in [5.41, 5.74) is 0. The minimum atomic E-state index is -0.465. The Hall–Kier alpha value is -1.33. The van der Waals surface area contributed by atoms with Crippen molar-refractivity contribution in [1.82, 2.24) is 9.80 Å². The van der Waals surface area contributed by atoms with Gasteiger partial charge in [0.05, 0.1) is 18.1 Å². The van der Waals surface area contributed by atoms with Crippen molar-refractivity contribution in [2.75, 3.05) is 32.8 Å². The zero-order valence-corrected chi connectivity index (χ0v) is 15.0. The molecule has 1 aromatic rings. The number of ether oxygens (including phenoxy) is 1. The van der Waals surface area contributed by atoms with Crippen LogP contribution < -0.4 is 0 Å². The Labute approximate surface area is 150 Å². The minimum absolute atomic E-state index is 0.238. The van der Waals surface area contributed by atoms with E-state index in [0.29, 0.717) is 35.8 Å². The van der Waals surface area contributed by atoms with Crippen molar-refractivity contribution < 1.29 is 23.5 Å². The number of morpholine rings is 1. The van der Waals surface area contributed by atoms with Crippen molar-refractivity contribution in [2.24, 2.45) is 0 Å². The van der Waals surface area contributed by atoms with Crippen LogP contribution in [-0.2, 0) is 14.3 Å². The van der Waals surface area contributed by atoms with Crippen molar-refractivity contribution in [2.45, 2.75) is 0 Å². The molecule has 122 valence electrons. The number of halogens is 1. The van der Waals surface area contributed by atoms with Crippen LogP contribution in [0.3, 0.4) is 0 Å². The third-order valence-electron chi connectivity index (χ3n) is 3.40. The van der Waals surface area contributed by atoms with Gasteiger partial charge >= 0.3 is 0 Å². The molecule has 0 aliphatic carbocycles. The van der Waals surface area contributed by atoms with Crippen LogP contribution in [0.5, 0.6) is 0 Å². The molecule has 2 saturated heterocycles. The van der Waals surface area contributed by atoms with Gasteiger partial charge in [0.15, 0.2) is 3.77 Å². The van der Waals surface area contributed by atoms with Crippen LogP contribution in [0.4, 0.5) is 4.79 Å². The monoisotopic (exact) mass is 448 g/mol. The lowest BCUT2D eigenvalue weighted by Gasteiger charge is -2.27. The number of carbonyl (C=O) groups excluding carboxylic acids is 3. The largest absolute Gasteiger partial charge is 0.451 e. The molecule has 23 heavy (non-hydrogen) atoms. The molecule has 2 aliphatic rings. The zero-order chi connectivity index (χ0) is 16.4. The van der Waals surface area contributed by atoms with Gasteiger partial charge in [-0.3, -0.25) is 19.3 Å². The van der Waals surface area contributed by atoms with Crippen LogP contribution in [0.25, 0.3) is 6.08 Å². The van der Waals surface area contributed by atoms with E-state index in [2.05, 4.69) is 0 Å². The van der Waals surface area contributed by atoms with Gasteiger partial charge in [0.25, 0.3) is 11.1 Å². The molecule has 7 nitrogen and oxygen atoms in total. The van der Waals surface area contributed by atoms with Gasteiger partial charge in [0, 0.05) is 19.2 Å². The fourth-order valence-corrected chi connectivity index (χ4v) is 3.47. The van der Waals surface area contributed by atoms with Crippen molar-refractivity contribution in [3.63, 3.8) is 0 Å². The van der Waals surface area contributed by atoms with Crippen molar-refractivity contribution in [3.8, 4) is 0 Å². The van der Waals surface area contributed by atoms with Crippen LogP contribution in [-0.4, -0.2) is 59.7 Å². The summed E-state index contributed by atoms with van der Waals surface area (Å²) in [6.07, 6.45) is 1.52. The van der Waals surface area contributed by atoms with Gasteiger partial charge in [-0.1, -0.05) is 0 Å². The summed E-state index contributed by atoms with van der Waals surface area (Å²) < 4.78 is 11.2. The quantitative estimate of drug-likeness (QED) is 0.518. The number of amides is 3. The molecule has 3 heterocycles. The molecule has 0 bridgehead atoms. The lowest BCUT2D eigenvalue weighted by Crippen LogP contribution is -2.46. The van der Waals surface area contributed by atoms with Crippen molar-refractivity contribution in [3.05, 3.63) is 26.6 Å². The number of imide groups is 1. The summed E-state index contributed by atoms with van der Waals surface area (Å²) in [6, 6.07) is 3.48. The minimum Gasteiger partial charge on any atom is -0.451 e. The summed E-state index contributed by atoms with van der Waals surface area (Å²) in [4.78, 5) is 39.4. The maximum absolute atomic E-state index is 12.3. The average molecular weight is 448 g/mol. The lowest BCUT2D eigenvalue weighted by molar-refractivity contribution is -0.139. The first-order valence-electron chi connectivity index (χ1n) is 6.91. The standard InChI is InChI=1S/C14H13IN2O5S/c15-11-2-1-9(22-11)7-10-13(19)17(14(20)23-10)8-12(18)16-3-5-21-6-4-16/h1-2,7H,3-6,8H2/b10-7-. The number of rotatable bonds is 3. The van der Waals surface area contributed by atoms with E-state index in [1.807, 2.05) is 22.6 Å². The second-order valence-electron chi connectivity index (χ2n) is 4.90.